The maximum absolute atomic E-state index is 12.8. The molecule has 0 spiro atoms. The summed E-state index contributed by atoms with van der Waals surface area (Å²) in [6, 6.07) is 5.26. The predicted molar refractivity (Wildman–Crippen MR) is 63.3 cm³/mol. The summed E-state index contributed by atoms with van der Waals surface area (Å²) in [4.78, 5) is 7.59. The number of hydrogen-bond donors (Lipinski definition) is 1. The minimum absolute atomic E-state index is 0.222. The average molecular weight is 269 g/mol. The van der Waals surface area contributed by atoms with Gasteiger partial charge in [-0.1, -0.05) is 0 Å². The largest absolute Gasteiger partial charge is 0.496 e. The molecule has 0 unspecified atom stereocenters. The molecule has 0 atom stereocenters. The number of halogens is 3. The zero-order chi connectivity index (χ0) is 13.9. The summed E-state index contributed by atoms with van der Waals surface area (Å²) >= 11 is 0. The molecule has 19 heavy (non-hydrogen) atoms. The van der Waals surface area contributed by atoms with E-state index in [0.717, 1.165) is 6.07 Å². The maximum atomic E-state index is 12.8. The van der Waals surface area contributed by atoms with Crippen molar-refractivity contribution >= 4 is 11.5 Å². The molecule has 0 aliphatic heterocycles. The van der Waals surface area contributed by atoms with Gasteiger partial charge in [0.15, 0.2) is 0 Å². The number of hydrogen-bond acceptors (Lipinski definition) is 4. The molecule has 0 amide bonds. The highest BCUT2D eigenvalue weighted by Gasteiger charge is 2.34. The summed E-state index contributed by atoms with van der Waals surface area (Å²) in [5.41, 5.74) is -0.569. The van der Waals surface area contributed by atoms with Crippen LogP contribution in [0.3, 0.4) is 0 Å². The Hall–Kier alpha value is -2.31. The normalized spacial score (nSPS) is 11.2. The van der Waals surface area contributed by atoms with Gasteiger partial charge >= 0.3 is 6.18 Å². The minimum Gasteiger partial charge on any atom is -0.496 e. The second-order valence-electron chi connectivity index (χ2n) is 3.63. The first-order chi connectivity index (χ1) is 9.00. The van der Waals surface area contributed by atoms with Crippen molar-refractivity contribution in [1.29, 1.82) is 0 Å². The number of rotatable bonds is 3. The summed E-state index contributed by atoms with van der Waals surface area (Å²) in [7, 11) is 1.20. The first-order valence-corrected chi connectivity index (χ1v) is 5.29. The van der Waals surface area contributed by atoms with E-state index in [2.05, 4.69) is 15.3 Å². The van der Waals surface area contributed by atoms with E-state index in [4.69, 9.17) is 4.74 Å². The van der Waals surface area contributed by atoms with Gasteiger partial charge in [0.1, 0.15) is 17.9 Å². The number of benzene rings is 1. The Bertz CT molecular complexity index is 558. The number of nitrogens with one attached hydrogen (secondary N) is 1. The van der Waals surface area contributed by atoms with Crippen LogP contribution in [-0.4, -0.2) is 17.1 Å². The van der Waals surface area contributed by atoms with Gasteiger partial charge in [0, 0.05) is 11.9 Å². The lowest BCUT2D eigenvalue weighted by Gasteiger charge is -2.14. The van der Waals surface area contributed by atoms with Crippen LogP contribution in [0.2, 0.25) is 0 Å². The van der Waals surface area contributed by atoms with Crippen LogP contribution in [0.1, 0.15) is 5.56 Å². The van der Waals surface area contributed by atoms with Gasteiger partial charge in [-0.25, -0.2) is 9.97 Å². The second kappa shape index (κ2) is 5.13. The molecule has 100 valence electrons. The highest BCUT2D eigenvalue weighted by molar-refractivity contribution is 5.59. The third-order valence-corrected chi connectivity index (χ3v) is 2.36. The molecule has 0 fully saturated rings. The topological polar surface area (TPSA) is 47.0 Å². The van der Waals surface area contributed by atoms with Gasteiger partial charge in [-0.2, -0.15) is 13.2 Å². The molecule has 0 radical (unpaired) electrons. The second-order valence-corrected chi connectivity index (χ2v) is 3.63. The van der Waals surface area contributed by atoms with Crippen molar-refractivity contribution in [3.8, 4) is 5.75 Å². The van der Waals surface area contributed by atoms with E-state index in [1.54, 1.807) is 6.07 Å². The van der Waals surface area contributed by atoms with Crippen LogP contribution in [0, 0.1) is 0 Å². The summed E-state index contributed by atoms with van der Waals surface area (Å²) < 4.78 is 43.2. The molecule has 0 bridgehead atoms. The van der Waals surface area contributed by atoms with Gasteiger partial charge in [-0.3, -0.25) is 0 Å². The third kappa shape index (κ3) is 3.12. The maximum Gasteiger partial charge on any atom is 0.420 e. The molecule has 4 nitrogen and oxygen atoms in total. The number of methoxy groups -OCH3 is 1. The van der Waals surface area contributed by atoms with Crippen molar-refractivity contribution in [1.82, 2.24) is 9.97 Å². The van der Waals surface area contributed by atoms with Gasteiger partial charge in [-0.05, 0) is 24.3 Å². The molecular formula is C12H10F3N3O. The third-order valence-electron chi connectivity index (χ3n) is 2.36. The van der Waals surface area contributed by atoms with Gasteiger partial charge in [0.2, 0.25) is 0 Å². The van der Waals surface area contributed by atoms with E-state index < -0.39 is 11.7 Å². The van der Waals surface area contributed by atoms with Crippen LogP contribution < -0.4 is 10.1 Å². The molecule has 1 N–H and O–H groups in total. The molecule has 0 aliphatic carbocycles. The smallest absolute Gasteiger partial charge is 0.420 e. The Morgan fingerprint density at radius 1 is 1.21 bits per heavy atom. The number of anilines is 2. The molecule has 0 saturated heterocycles. The van der Waals surface area contributed by atoms with Gasteiger partial charge in [-0.15, -0.1) is 0 Å². The van der Waals surface area contributed by atoms with E-state index in [0.29, 0.717) is 5.82 Å². The Morgan fingerprint density at radius 2 is 2.00 bits per heavy atom. The number of nitrogens with zero attached hydrogens (tertiary/aromatic N) is 2. The van der Waals surface area contributed by atoms with Crippen LogP contribution in [0.15, 0.2) is 36.8 Å². The first-order valence-electron chi connectivity index (χ1n) is 5.29. The van der Waals surface area contributed by atoms with Crippen molar-refractivity contribution in [3.05, 3.63) is 42.4 Å². The zero-order valence-corrected chi connectivity index (χ0v) is 9.90. The lowest BCUT2D eigenvalue weighted by atomic mass is 10.1. The van der Waals surface area contributed by atoms with Gasteiger partial charge in [0.25, 0.3) is 0 Å². The van der Waals surface area contributed by atoms with E-state index in [9.17, 15) is 13.2 Å². The fraction of sp³-hybridized carbons (Fsp3) is 0.167. The lowest BCUT2D eigenvalue weighted by Crippen LogP contribution is -2.08. The minimum atomic E-state index is -4.48. The van der Waals surface area contributed by atoms with Gasteiger partial charge < -0.3 is 10.1 Å². The van der Waals surface area contributed by atoms with E-state index in [-0.39, 0.29) is 11.4 Å². The van der Waals surface area contributed by atoms with E-state index in [1.165, 1.54) is 31.8 Å². The van der Waals surface area contributed by atoms with Crippen LogP contribution in [0.25, 0.3) is 0 Å². The first kappa shape index (κ1) is 13.1. The quantitative estimate of drug-likeness (QED) is 0.929. The number of alkyl halides is 3. The van der Waals surface area contributed by atoms with Crippen molar-refractivity contribution < 1.29 is 17.9 Å². The predicted octanol–water partition coefficient (Wildman–Crippen LogP) is 3.25. The van der Waals surface area contributed by atoms with Gasteiger partial charge in [0.05, 0.1) is 12.7 Å². The average Bonchev–Trinajstić information content (AvgIpc) is 2.39. The summed E-state index contributed by atoms with van der Waals surface area (Å²) in [6.45, 7) is 0. The molecule has 1 aromatic carbocycles. The SMILES string of the molecule is COc1ccc(Nc2ccncn2)cc1C(F)(F)F. The van der Waals surface area contributed by atoms with Crippen molar-refractivity contribution in [2.75, 3.05) is 12.4 Å². The van der Waals surface area contributed by atoms with Crippen molar-refractivity contribution in [3.63, 3.8) is 0 Å². The fourth-order valence-corrected chi connectivity index (χ4v) is 1.52. The van der Waals surface area contributed by atoms with Crippen LogP contribution in [0.4, 0.5) is 24.7 Å². The molecule has 0 aliphatic rings. The Morgan fingerprint density at radius 3 is 2.58 bits per heavy atom. The molecule has 1 heterocycles. The lowest BCUT2D eigenvalue weighted by molar-refractivity contribution is -0.138. The Kier molecular flexibility index (Phi) is 3.55. The zero-order valence-electron chi connectivity index (χ0n) is 9.90. The molecule has 2 aromatic rings. The van der Waals surface area contributed by atoms with E-state index >= 15 is 0 Å². The molecular weight excluding hydrogens is 259 g/mol. The monoisotopic (exact) mass is 269 g/mol. The van der Waals surface area contributed by atoms with Crippen LogP contribution in [0.5, 0.6) is 5.75 Å². The number of aromatic nitrogens is 2. The highest BCUT2D eigenvalue weighted by atomic mass is 19.4. The Labute approximate surface area is 107 Å². The standard InChI is InChI=1S/C12H10F3N3O/c1-19-10-3-2-8(6-9(10)12(13,14)15)18-11-4-5-16-7-17-11/h2-7H,1H3,(H,16,17,18). The summed E-state index contributed by atoms with van der Waals surface area (Å²) in [5, 5.41) is 2.76. The van der Waals surface area contributed by atoms with Crippen molar-refractivity contribution in [2.45, 2.75) is 6.18 Å². The van der Waals surface area contributed by atoms with Crippen molar-refractivity contribution in [2.24, 2.45) is 0 Å². The fourth-order valence-electron chi connectivity index (χ4n) is 1.52. The molecule has 2 rings (SSSR count). The summed E-state index contributed by atoms with van der Waals surface area (Å²) in [6.07, 6.45) is -1.69. The Balaban J connectivity index is 2.33. The van der Waals surface area contributed by atoms with Crippen LogP contribution in [-0.2, 0) is 6.18 Å². The summed E-state index contributed by atoms with van der Waals surface area (Å²) in [5.74, 6) is 0.189. The number of ether oxygens (including phenoxy) is 1. The van der Waals surface area contributed by atoms with E-state index in [1.807, 2.05) is 0 Å². The molecule has 7 heteroatoms. The highest BCUT2D eigenvalue weighted by Crippen LogP contribution is 2.38. The van der Waals surface area contributed by atoms with Crippen LogP contribution >= 0.6 is 0 Å². The molecule has 0 saturated carbocycles. The molecule has 1 aromatic heterocycles.